The summed E-state index contributed by atoms with van der Waals surface area (Å²) in [5.74, 6) is -0.821. The number of thioether (sulfide) groups is 1. The Hall–Kier alpha value is -6.87. The van der Waals surface area contributed by atoms with Crippen molar-refractivity contribution in [1.29, 1.82) is 15.8 Å². The number of ether oxygens (including phenoxy) is 1. The van der Waals surface area contributed by atoms with Gasteiger partial charge in [0.1, 0.15) is 29.7 Å². The Morgan fingerprint density at radius 1 is 0.815 bits per heavy atom. The van der Waals surface area contributed by atoms with Gasteiger partial charge in [-0.1, -0.05) is 130 Å². The van der Waals surface area contributed by atoms with Gasteiger partial charge >= 0.3 is 11.9 Å². The van der Waals surface area contributed by atoms with Crippen molar-refractivity contribution in [1.82, 2.24) is 34.8 Å². The number of carboxylic acid groups (broad SMARTS) is 1. The van der Waals surface area contributed by atoms with Gasteiger partial charge in [-0.15, -0.1) is 0 Å². The Labute approximate surface area is 502 Å². The first-order chi connectivity index (χ1) is 37.9. The fraction of sp³-hybridized carbons (Fsp3) is 0.424. The van der Waals surface area contributed by atoms with Crippen LogP contribution in [0.1, 0.15) is 147 Å². The van der Waals surface area contributed by atoms with Gasteiger partial charge < -0.3 is 20.3 Å². The van der Waals surface area contributed by atoms with Crippen molar-refractivity contribution in [3.63, 3.8) is 0 Å². The second kappa shape index (κ2) is 35.1. The van der Waals surface area contributed by atoms with E-state index in [9.17, 15) is 29.2 Å². The number of carbonyl (C=O) groups excluding carboxylic acids is 3. The summed E-state index contributed by atoms with van der Waals surface area (Å²) < 4.78 is 5.99. The summed E-state index contributed by atoms with van der Waals surface area (Å²) in [5.41, 5.74) is 6.31. The number of alkyl halides is 2. The van der Waals surface area contributed by atoms with Crippen molar-refractivity contribution >= 4 is 90.5 Å². The number of aldehydes is 1. The molecule has 7 heterocycles. The number of nitrogens with one attached hydrogen (secondary N) is 1. The molecule has 22 heteroatoms. The van der Waals surface area contributed by atoms with Gasteiger partial charge in [0.25, 0.3) is 11.5 Å². The lowest BCUT2D eigenvalue weighted by atomic mass is 9.90. The second-order valence-electron chi connectivity index (χ2n) is 21.4. The maximum absolute atomic E-state index is 12.4. The molecule has 0 atom stereocenters. The van der Waals surface area contributed by atoms with Crippen molar-refractivity contribution in [3.05, 3.63) is 135 Å². The molecular formula is C59H72Br2N10O8S2. The van der Waals surface area contributed by atoms with Crippen molar-refractivity contribution in [2.75, 3.05) is 23.0 Å². The highest BCUT2D eigenvalue weighted by molar-refractivity contribution is 9.11. The summed E-state index contributed by atoms with van der Waals surface area (Å²) in [6.07, 6.45) is 9.37. The SMILES string of the molecule is BrCCBr.CC(C)(C)C(=O)O.CC(C)(C)c1ccc(-c2nc3n(c(=O)c2C#N)CCS3)cn1.CC(C)(C)c1ccc(C2=C(C#N)C(=O)NC(=S)C2)cn1.CC(C)(C)c1ccc(C=O)cn1.CCOC(=O)CC#N.OCc1cccnc1. The number of aliphatic hydroxyl groups excluding tert-OH is 1. The molecule has 5 aromatic rings. The van der Waals surface area contributed by atoms with E-state index in [0.717, 1.165) is 50.9 Å². The molecule has 18 nitrogen and oxygen atoms in total. The van der Waals surface area contributed by atoms with E-state index in [1.54, 1.807) is 81.4 Å². The molecule has 0 bridgehead atoms. The van der Waals surface area contributed by atoms with Crippen LogP contribution in [-0.4, -0.2) is 91.8 Å². The van der Waals surface area contributed by atoms with Crippen LogP contribution in [0.4, 0.5) is 0 Å². The van der Waals surface area contributed by atoms with Crippen LogP contribution in [0.5, 0.6) is 0 Å². The minimum absolute atomic E-state index is 0.0375. The molecule has 2 aliphatic rings. The topological polar surface area (TPSA) is 288 Å². The quantitative estimate of drug-likeness (QED) is 0.0449. The Balaban J connectivity index is 0.000000506. The largest absolute Gasteiger partial charge is 0.481 e. The first-order valence-corrected chi connectivity index (χ1v) is 28.9. The number of aliphatic hydroxyl groups is 1. The van der Waals surface area contributed by atoms with Crippen molar-refractivity contribution in [2.45, 2.75) is 137 Å². The number of halogens is 2. The lowest BCUT2D eigenvalue weighted by molar-refractivity contribution is -0.146. The fourth-order valence-electron chi connectivity index (χ4n) is 6.04. The van der Waals surface area contributed by atoms with Crippen molar-refractivity contribution < 1.29 is 34.1 Å². The summed E-state index contributed by atoms with van der Waals surface area (Å²) in [6.45, 7) is 26.5. The Morgan fingerprint density at radius 3 is 1.72 bits per heavy atom. The summed E-state index contributed by atoms with van der Waals surface area (Å²) in [4.78, 5) is 76.5. The number of carboxylic acids is 1. The van der Waals surface area contributed by atoms with E-state index >= 15 is 0 Å². The third-order valence-corrected chi connectivity index (χ3v) is 13.6. The molecule has 2 aliphatic heterocycles. The van der Waals surface area contributed by atoms with Gasteiger partial charge in [-0.2, -0.15) is 15.8 Å². The zero-order valence-corrected chi connectivity index (χ0v) is 53.0. The van der Waals surface area contributed by atoms with Crippen LogP contribution in [0.2, 0.25) is 0 Å². The van der Waals surface area contributed by atoms with Crippen molar-refractivity contribution in [2.24, 2.45) is 5.41 Å². The minimum atomic E-state index is -0.757. The first-order valence-electron chi connectivity index (χ1n) is 25.3. The second-order valence-corrected chi connectivity index (χ2v) is 24.5. The molecule has 0 radical (unpaired) electrons. The van der Waals surface area contributed by atoms with E-state index in [4.69, 9.17) is 33.0 Å². The summed E-state index contributed by atoms with van der Waals surface area (Å²) in [7, 11) is 0. The number of pyridine rings is 4. The number of esters is 1. The lowest BCUT2D eigenvalue weighted by Gasteiger charge is -2.20. The van der Waals surface area contributed by atoms with Gasteiger partial charge in [-0.05, 0) is 80.8 Å². The Bertz CT molecular complexity index is 3090. The lowest BCUT2D eigenvalue weighted by Crippen LogP contribution is -2.34. The average Bonchev–Trinajstić information content (AvgIpc) is 4.08. The van der Waals surface area contributed by atoms with Gasteiger partial charge in [-0.3, -0.25) is 48.5 Å². The number of amides is 1. The van der Waals surface area contributed by atoms with Gasteiger partial charge in [0, 0.05) is 105 Å². The molecule has 0 unspecified atom stereocenters. The maximum atomic E-state index is 12.4. The summed E-state index contributed by atoms with van der Waals surface area (Å²) >= 11 is 13.0. The number of aliphatic carboxylic acids is 1. The molecule has 1 amide bonds. The van der Waals surface area contributed by atoms with Crippen LogP contribution in [0.15, 0.2) is 95.0 Å². The Kier molecular flexibility index (Phi) is 31.3. The van der Waals surface area contributed by atoms with Crippen LogP contribution >= 0.6 is 55.8 Å². The third-order valence-electron chi connectivity index (χ3n) is 10.5. The van der Waals surface area contributed by atoms with Crippen LogP contribution < -0.4 is 10.9 Å². The summed E-state index contributed by atoms with van der Waals surface area (Å²) in [5, 5.41) is 48.4. The van der Waals surface area contributed by atoms with Crippen LogP contribution in [0.25, 0.3) is 16.8 Å². The number of rotatable bonds is 7. The molecule has 0 spiro atoms. The number of nitriles is 3. The molecule has 0 aliphatic carbocycles. The zero-order chi connectivity index (χ0) is 61.7. The molecule has 0 saturated carbocycles. The van der Waals surface area contributed by atoms with E-state index in [2.05, 4.69) is 129 Å². The molecular weight excluding hydrogens is 1200 g/mol. The number of fused-ring (bicyclic) bond motifs is 1. The number of aromatic nitrogens is 6. The van der Waals surface area contributed by atoms with Gasteiger partial charge in [-0.25, -0.2) is 4.98 Å². The van der Waals surface area contributed by atoms with Crippen LogP contribution in [-0.2, 0) is 48.5 Å². The molecule has 0 aromatic carbocycles. The monoisotopic (exact) mass is 1270 g/mol. The van der Waals surface area contributed by atoms with E-state index in [0.29, 0.717) is 52.1 Å². The number of nitrogens with zero attached hydrogens (tertiary/aromatic N) is 9. The standard InChI is InChI=1S/C16H16N4OS.C15H15N3OS.C10H13NO.C6H7NO.C5H7NO2.C5H10O2.C2H4Br2/c1-16(2,3)12-5-4-10(9-18-12)13-11(8-17)14(21)20-6-7-22-15(20)19-13;1-15(2,3)12-5-4-9(8-17-12)10-6-13(20)18-14(19)11(10)7-16;1-10(2,3)9-5-4-8(7-12)6-11-9;8-5-6-2-1-3-7-4-6;1-2-8-5(7)3-4-6;1-5(2,3)4(6)7;3-1-2-4/h4-5,9H,6-7H2,1-3H3;4-5,8H,6H2,1-3H3,(H,18,19,20);4-7H,1-3H3;1-4,8H,5H2;2-3H2,1H3;1-3H3,(H,6,7);1-2H2. The first kappa shape index (κ1) is 72.1. The molecule has 0 saturated heterocycles. The number of hydrogen-bond donors (Lipinski definition) is 3. The normalized spacial score (nSPS) is 12.3. The number of hydrogen-bond acceptors (Lipinski definition) is 17. The van der Waals surface area contributed by atoms with Gasteiger partial charge in [0.05, 0.1) is 35.4 Å². The molecule has 432 valence electrons. The highest BCUT2D eigenvalue weighted by Gasteiger charge is 2.26. The molecule has 3 N–H and O–H groups in total. The molecule has 7 rings (SSSR count). The van der Waals surface area contributed by atoms with E-state index < -0.39 is 23.3 Å². The average molecular weight is 1270 g/mol. The Morgan fingerprint density at radius 2 is 1.35 bits per heavy atom. The maximum Gasteiger partial charge on any atom is 0.320 e. The van der Waals surface area contributed by atoms with Crippen LogP contribution in [0.3, 0.4) is 0 Å². The third kappa shape index (κ3) is 25.6. The number of carbonyl (C=O) groups is 4. The van der Waals surface area contributed by atoms with Crippen molar-refractivity contribution in [3.8, 4) is 29.5 Å². The molecule has 5 aromatic heterocycles. The van der Waals surface area contributed by atoms with Crippen LogP contribution in [0, 0.1) is 39.4 Å². The summed E-state index contributed by atoms with van der Waals surface area (Å²) in [6, 6.07) is 20.6. The zero-order valence-electron chi connectivity index (χ0n) is 48.2. The fourth-order valence-corrected chi connectivity index (χ4v) is 7.22. The minimum Gasteiger partial charge on any atom is -0.481 e. The van der Waals surface area contributed by atoms with Gasteiger partial charge in [0.2, 0.25) is 0 Å². The predicted molar refractivity (Wildman–Crippen MR) is 327 cm³/mol. The van der Waals surface area contributed by atoms with E-state index in [1.807, 2.05) is 48.5 Å². The highest BCUT2D eigenvalue weighted by Crippen LogP contribution is 2.30. The highest BCUT2D eigenvalue weighted by atomic mass is 79.9. The smallest absolute Gasteiger partial charge is 0.320 e. The molecule has 81 heavy (non-hydrogen) atoms. The predicted octanol–water partition coefficient (Wildman–Crippen LogP) is 11.2. The number of thiocarbonyl (C=S) groups is 1. The molecule has 0 fully saturated rings. The van der Waals surface area contributed by atoms with E-state index in [1.165, 1.54) is 11.8 Å². The van der Waals surface area contributed by atoms with Gasteiger partial charge in [0.15, 0.2) is 11.4 Å². The van der Waals surface area contributed by atoms with E-state index in [-0.39, 0.29) is 46.0 Å².